The van der Waals surface area contributed by atoms with Crippen LogP contribution in [0.3, 0.4) is 0 Å². The van der Waals surface area contributed by atoms with E-state index in [4.69, 9.17) is 4.52 Å². The highest BCUT2D eigenvalue weighted by molar-refractivity contribution is 4.83. The molecule has 4 nitrogen and oxygen atoms in total. The molecule has 0 bridgehead atoms. The molecule has 0 aliphatic carbocycles. The zero-order valence-electron chi connectivity index (χ0n) is 10.1. The Hall–Kier alpha value is -0.900. The van der Waals surface area contributed by atoms with Crippen molar-refractivity contribution in [1.82, 2.24) is 15.5 Å². The monoisotopic (exact) mass is 211 g/mol. The molecule has 1 rings (SSSR count). The van der Waals surface area contributed by atoms with Crippen LogP contribution in [-0.4, -0.2) is 23.2 Å². The van der Waals surface area contributed by atoms with E-state index < -0.39 is 0 Å². The average molecular weight is 211 g/mol. The molecule has 0 saturated carbocycles. The molecule has 0 aromatic carbocycles. The van der Waals surface area contributed by atoms with Gasteiger partial charge in [0, 0.05) is 13.0 Å². The van der Waals surface area contributed by atoms with Gasteiger partial charge in [-0.05, 0) is 25.3 Å². The summed E-state index contributed by atoms with van der Waals surface area (Å²) in [6, 6.07) is 0. The van der Waals surface area contributed by atoms with E-state index in [2.05, 4.69) is 36.2 Å². The first-order valence-electron chi connectivity index (χ1n) is 5.47. The minimum Gasteiger partial charge on any atom is -0.339 e. The molecular formula is C11H21N3O. The normalized spacial score (nSPS) is 12.0. The Labute approximate surface area is 91.5 Å². The fourth-order valence-electron chi connectivity index (χ4n) is 1.23. The molecular weight excluding hydrogens is 190 g/mol. The number of hydrogen-bond acceptors (Lipinski definition) is 4. The van der Waals surface area contributed by atoms with Crippen molar-refractivity contribution in [1.29, 1.82) is 0 Å². The van der Waals surface area contributed by atoms with Gasteiger partial charge in [0.05, 0.1) is 0 Å². The van der Waals surface area contributed by atoms with E-state index in [-0.39, 0.29) is 0 Å². The Morgan fingerprint density at radius 1 is 1.27 bits per heavy atom. The van der Waals surface area contributed by atoms with E-state index in [9.17, 15) is 0 Å². The van der Waals surface area contributed by atoms with Crippen molar-refractivity contribution in [3.8, 4) is 0 Å². The minimum atomic E-state index is 0.397. The lowest BCUT2D eigenvalue weighted by Gasteiger charge is -2.17. The Kier molecular flexibility index (Phi) is 4.27. The molecule has 1 N–H and O–H groups in total. The minimum absolute atomic E-state index is 0.397. The predicted molar refractivity (Wildman–Crippen MR) is 59.7 cm³/mol. The summed E-state index contributed by atoms with van der Waals surface area (Å²) in [7, 11) is 0. The van der Waals surface area contributed by atoms with Gasteiger partial charge < -0.3 is 9.84 Å². The first-order chi connectivity index (χ1) is 6.97. The first-order valence-corrected chi connectivity index (χ1v) is 5.47. The van der Waals surface area contributed by atoms with Gasteiger partial charge in [-0.3, -0.25) is 0 Å². The summed E-state index contributed by atoms with van der Waals surface area (Å²) in [5.74, 6) is 1.43. The summed E-state index contributed by atoms with van der Waals surface area (Å²) in [6.45, 7) is 10.5. The van der Waals surface area contributed by atoms with E-state index in [1.165, 1.54) is 6.42 Å². The van der Waals surface area contributed by atoms with Crippen LogP contribution in [0, 0.1) is 12.3 Å². The Bertz CT molecular complexity index is 288. The molecule has 0 fully saturated rings. The number of nitrogens with one attached hydrogen (secondary N) is 1. The van der Waals surface area contributed by atoms with Gasteiger partial charge in [-0.15, -0.1) is 0 Å². The summed E-state index contributed by atoms with van der Waals surface area (Å²) in [5.41, 5.74) is 0.397. The van der Waals surface area contributed by atoms with Crippen LogP contribution in [-0.2, 0) is 6.42 Å². The molecule has 0 aliphatic heterocycles. The average Bonchev–Trinajstić information content (AvgIpc) is 2.49. The molecule has 0 radical (unpaired) electrons. The second-order valence-electron chi connectivity index (χ2n) is 5.05. The fourth-order valence-corrected chi connectivity index (χ4v) is 1.23. The zero-order valence-corrected chi connectivity index (χ0v) is 10.1. The number of aromatic nitrogens is 2. The Morgan fingerprint density at radius 3 is 2.53 bits per heavy atom. The van der Waals surface area contributed by atoms with Crippen LogP contribution >= 0.6 is 0 Å². The van der Waals surface area contributed by atoms with Crippen LogP contribution < -0.4 is 5.32 Å². The second kappa shape index (κ2) is 5.26. The SMILES string of the molecule is Cc1noc(CCNCCC(C)(C)C)n1. The number of nitrogens with zero attached hydrogens (tertiary/aromatic N) is 2. The van der Waals surface area contributed by atoms with Crippen LogP contribution in [0.4, 0.5) is 0 Å². The molecule has 0 atom stereocenters. The van der Waals surface area contributed by atoms with Crippen molar-refractivity contribution in [2.24, 2.45) is 5.41 Å². The van der Waals surface area contributed by atoms with Gasteiger partial charge in [-0.25, -0.2) is 0 Å². The smallest absolute Gasteiger partial charge is 0.227 e. The lowest BCUT2D eigenvalue weighted by atomic mass is 9.92. The molecule has 0 unspecified atom stereocenters. The van der Waals surface area contributed by atoms with Gasteiger partial charge in [0.25, 0.3) is 0 Å². The third kappa shape index (κ3) is 5.52. The molecule has 15 heavy (non-hydrogen) atoms. The molecule has 1 heterocycles. The van der Waals surface area contributed by atoms with Crippen LogP contribution in [0.25, 0.3) is 0 Å². The fraction of sp³-hybridized carbons (Fsp3) is 0.818. The molecule has 0 saturated heterocycles. The highest BCUT2D eigenvalue weighted by Crippen LogP contribution is 2.16. The van der Waals surface area contributed by atoms with Crippen molar-refractivity contribution in [2.75, 3.05) is 13.1 Å². The maximum Gasteiger partial charge on any atom is 0.227 e. The maximum atomic E-state index is 5.01. The number of aryl methyl sites for hydroxylation is 1. The highest BCUT2D eigenvalue weighted by Gasteiger charge is 2.08. The van der Waals surface area contributed by atoms with Crippen molar-refractivity contribution < 1.29 is 4.52 Å². The topological polar surface area (TPSA) is 51.0 Å². The maximum absolute atomic E-state index is 5.01. The number of rotatable bonds is 5. The van der Waals surface area contributed by atoms with E-state index >= 15 is 0 Å². The van der Waals surface area contributed by atoms with E-state index in [1.807, 2.05) is 6.92 Å². The summed E-state index contributed by atoms with van der Waals surface area (Å²) in [6.07, 6.45) is 1.99. The van der Waals surface area contributed by atoms with Crippen LogP contribution in [0.15, 0.2) is 4.52 Å². The molecule has 1 aromatic rings. The molecule has 4 heteroatoms. The molecule has 0 amide bonds. The largest absolute Gasteiger partial charge is 0.339 e. The van der Waals surface area contributed by atoms with Gasteiger partial charge in [-0.2, -0.15) is 4.98 Å². The van der Waals surface area contributed by atoms with E-state index in [0.717, 1.165) is 25.4 Å². The lowest BCUT2D eigenvalue weighted by molar-refractivity contribution is 0.356. The van der Waals surface area contributed by atoms with Gasteiger partial charge in [-0.1, -0.05) is 25.9 Å². The standard InChI is InChI=1S/C11H21N3O/c1-9-13-10(15-14-9)5-7-12-8-6-11(2,3)4/h12H,5-8H2,1-4H3. The lowest BCUT2D eigenvalue weighted by Crippen LogP contribution is -2.22. The van der Waals surface area contributed by atoms with Crippen molar-refractivity contribution in [2.45, 2.75) is 40.5 Å². The van der Waals surface area contributed by atoms with Crippen LogP contribution in [0.2, 0.25) is 0 Å². The van der Waals surface area contributed by atoms with Gasteiger partial charge in [0.2, 0.25) is 5.89 Å². The van der Waals surface area contributed by atoms with E-state index in [0.29, 0.717) is 11.2 Å². The van der Waals surface area contributed by atoms with Crippen molar-refractivity contribution in [3.05, 3.63) is 11.7 Å². The molecule has 86 valence electrons. The Balaban J connectivity index is 2.07. The number of hydrogen-bond donors (Lipinski definition) is 1. The first kappa shape index (κ1) is 12.2. The second-order valence-corrected chi connectivity index (χ2v) is 5.05. The summed E-state index contributed by atoms with van der Waals surface area (Å²) >= 11 is 0. The summed E-state index contributed by atoms with van der Waals surface area (Å²) in [4.78, 5) is 4.14. The predicted octanol–water partition coefficient (Wildman–Crippen LogP) is 1.95. The van der Waals surface area contributed by atoms with Crippen molar-refractivity contribution >= 4 is 0 Å². The summed E-state index contributed by atoms with van der Waals surface area (Å²) < 4.78 is 5.01. The molecule has 0 aliphatic rings. The quantitative estimate of drug-likeness (QED) is 0.756. The van der Waals surface area contributed by atoms with Gasteiger partial charge >= 0.3 is 0 Å². The third-order valence-corrected chi connectivity index (χ3v) is 2.14. The molecule has 0 spiro atoms. The third-order valence-electron chi connectivity index (χ3n) is 2.14. The zero-order chi connectivity index (χ0) is 11.3. The van der Waals surface area contributed by atoms with Crippen molar-refractivity contribution in [3.63, 3.8) is 0 Å². The highest BCUT2D eigenvalue weighted by atomic mass is 16.5. The molecule has 1 aromatic heterocycles. The van der Waals surface area contributed by atoms with Crippen LogP contribution in [0.1, 0.15) is 38.9 Å². The van der Waals surface area contributed by atoms with Gasteiger partial charge in [0.15, 0.2) is 5.82 Å². The van der Waals surface area contributed by atoms with Crippen LogP contribution in [0.5, 0.6) is 0 Å². The summed E-state index contributed by atoms with van der Waals surface area (Å²) in [5, 5.41) is 7.11. The van der Waals surface area contributed by atoms with Gasteiger partial charge in [0.1, 0.15) is 0 Å². The Morgan fingerprint density at radius 2 is 2.00 bits per heavy atom. The van der Waals surface area contributed by atoms with E-state index in [1.54, 1.807) is 0 Å².